The van der Waals surface area contributed by atoms with Gasteiger partial charge in [-0.3, -0.25) is 9.69 Å². The molecule has 1 amide bonds. The number of ether oxygens (including phenoxy) is 1. The fourth-order valence-corrected chi connectivity index (χ4v) is 1.88. The van der Waals surface area contributed by atoms with Crippen LogP contribution in [0.2, 0.25) is 0 Å². The maximum Gasteiger partial charge on any atom is 0.240 e. The van der Waals surface area contributed by atoms with Gasteiger partial charge in [0.15, 0.2) is 0 Å². The van der Waals surface area contributed by atoms with E-state index in [0.29, 0.717) is 13.2 Å². The van der Waals surface area contributed by atoms with E-state index in [1.807, 2.05) is 18.7 Å². The van der Waals surface area contributed by atoms with E-state index in [2.05, 4.69) is 5.32 Å². The number of aliphatic hydroxyl groups is 1. The van der Waals surface area contributed by atoms with E-state index in [4.69, 9.17) is 9.84 Å². The van der Waals surface area contributed by atoms with Gasteiger partial charge in [-0.2, -0.15) is 0 Å². The Labute approximate surface area is 90.4 Å². The Morgan fingerprint density at radius 1 is 1.67 bits per heavy atom. The van der Waals surface area contributed by atoms with Crippen LogP contribution >= 0.6 is 0 Å². The molecule has 1 aliphatic rings. The second kappa shape index (κ2) is 4.92. The lowest BCUT2D eigenvalue weighted by Gasteiger charge is -2.42. The molecule has 0 aromatic carbocycles. The summed E-state index contributed by atoms with van der Waals surface area (Å²) in [7, 11) is 1.63. The molecule has 1 rings (SSSR count). The standard InChI is InChI=1S/C10H20N2O3/c1-10(2)7-12(4-5-15-3)8(6-13)9(14)11-10/h8,13H,4-7H2,1-3H3,(H,11,14). The zero-order valence-electron chi connectivity index (χ0n) is 9.62. The number of piperazine rings is 1. The molecule has 0 saturated carbocycles. The molecule has 0 radical (unpaired) electrons. The highest BCUT2D eigenvalue weighted by atomic mass is 16.5. The second-order valence-corrected chi connectivity index (χ2v) is 4.53. The van der Waals surface area contributed by atoms with Crippen LogP contribution in [0.1, 0.15) is 13.8 Å². The lowest BCUT2D eigenvalue weighted by Crippen LogP contribution is -2.66. The number of rotatable bonds is 4. The van der Waals surface area contributed by atoms with Crippen LogP contribution in [0, 0.1) is 0 Å². The minimum Gasteiger partial charge on any atom is -0.394 e. The SMILES string of the molecule is COCCN1CC(C)(C)NC(=O)C1CO. The number of aliphatic hydroxyl groups excluding tert-OH is 1. The lowest BCUT2D eigenvalue weighted by molar-refractivity contribution is -0.135. The molecular formula is C10H20N2O3. The molecule has 88 valence electrons. The molecule has 1 unspecified atom stereocenters. The zero-order valence-corrected chi connectivity index (χ0v) is 9.62. The molecule has 1 fully saturated rings. The van der Waals surface area contributed by atoms with Gasteiger partial charge in [0, 0.05) is 25.7 Å². The quantitative estimate of drug-likeness (QED) is 0.646. The smallest absolute Gasteiger partial charge is 0.240 e. The summed E-state index contributed by atoms with van der Waals surface area (Å²) in [5, 5.41) is 12.0. The Morgan fingerprint density at radius 2 is 2.33 bits per heavy atom. The van der Waals surface area contributed by atoms with Gasteiger partial charge in [-0.15, -0.1) is 0 Å². The summed E-state index contributed by atoms with van der Waals surface area (Å²) < 4.78 is 4.99. The van der Waals surface area contributed by atoms with E-state index in [-0.39, 0.29) is 18.1 Å². The predicted octanol–water partition coefficient (Wildman–Crippen LogP) is -0.796. The van der Waals surface area contributed by atoms with Crippen molar-refractivity contribution in [1.82, 2.24) is 10.2 Å². The van der Waals surface area contributed by atoms with Gasteiger partial charge in [-0.25, -0.2) is 0 Å². The largest absolute Gasteiger partial charge is 0.394 e. The van der Waals surface area contributed by atoms with Crippen molar-refractivity contribution in [3.05, 3.63) is 0 Å². The van der Waals surface area contributed by atoms with Crippen molar-refractivity contribution in [1.29, 1.82) is 0 Å². The van der Waals surface area contributed by atoms with Crippen LogP contribution in [0.25, 0.3) is 0 Å². The fourth-order valence-electron chi connectivity index (χ4n) is 1.88. The molecule has 1 saturated heterocycles. The van der Waals surface area contributed by atoms with Gasteiger partial charge in [-0.05, 0) is 13.8 Å². The fraction of sp³-hybridized carbons (Fsp3) is 0.900. The molecule has 15 heavy (non-hydrogen) atoms. The third kappa shape index (κ3) is 3.15. The van der Waals surface area contributed by atoms with Gasteiger partial charge >= 0.3 is 0 Å². The lowest BCUT2D eigenvalue weighted by atomic mass is 9.98. The second-order valence-electron chi connectivity index (χ2n) is 4.53. The Bertz CT molecular complexity index is 231. The highest BCUT2D eigenvalue weighted by Crippen LogP contribution is 2.15. The minimum atomic E-state index is -0.437. The van der Waals surface area contributed by atoms with E-state index in [1.165, 1.54) is 0 Å². The summed E-state index contributed by atoms with van der Waals surface area (Å²) in [4.78, 5) is 13.6. The summed E-state index contributed by atoms with van der Waals surface area (Å²) in [5.41, 5.74) is -0.240. The first-order chi connectivity index (χ1) is 7.00. The number of methoxy groups -OCH3 is 1. The van der Waals surface area contributed by atoms with Crippen LogP contribution < -0.4 is 5.32 Å². The first kappa shape index (κ1) is 12.4. The molecule has 5 heteroatoms. The molecule has 5 nitrogen and oxygen atoms in total. The van der Waals surface area contributed by atoms with E-state index in [1.54, 1.807) is 7.11 Å². The van der Waals surface area contributed by atoms with Gasteiger partial charge in [-0.1, -0.05) is 0 Å². The van der Waals surface area contributed by atoms with Crippen LogP contribution in [0.5, 0.6) is 0 Å². The molecule has 1 aliphatic heterocycles. The number of carbonyl (C=O) groups is 1. The van der Waals surface area contributed by atoms with Gasteiger partial charge < -0.3 is 15.2 Å². The summed E-state index contributed by atoms with van der Waals surface area (Å²) in [6, 6.07) is -0.437. The van der Waals surface area contributed by atoms with Crippen molar-refractivity contribution in [2.45, 2.75) is 25.4 Å². The summed E-state index contributed by atoms with van der Waals surface area (Å²) in [5.74, 6) is -0.107. The van der Waals surface area contributed by atoms with Crippen LogP contribution in [-0.4, -0.2) is 60.9 Å². The number of nitrogens with zero attached hydrogens (tertiary/aromatic N) is 1. The maximum atomic E-state index is 11.7. The minimum absolute atomic E-state index is 0.107. The molecule has 2 N–H and O–H groups in total. The molecule has 0 aliphatic carbocycles. The molecule has 0 bridgehead atoms. The van der Waals surface area contributed by atoms with Gasteiger partial charge in [0.2, 0.25) is 5.91 Å². The highest BCUT2D eigenvalue weighted by molar-refractivity contribution is 5.83. The molecule has 1 heterocycles. The normalized spacial score (nSPS) is 26.4. The van der Waals surface area contributed by atoms with Crippen LogP contribution in [0.15, 0.2) is 0 Å². The first-order valence-electron chi connectivity index (χ1n) is 5.16. The zero-order chi connectivity index (χ0) is 11.5. The van der Waals surface area contributed by atoms with Crippen LogP contribution in [-0.2, 0) is 9.53 Å². The topological polar surface area (TPSA) is 61.8 Å². The van der Waals surface area contributed by atoms with Crippen molar-refractivity contribution >= 4 is 5.91 Å². The Hall–Kier alpha value is -0.650. The van der Waals surface area contributed by atoms with Crippen molar-refractivity contribution in [3.63, 3.8) is 0 Å². The van der Waals surface area contributed by atoms with Crippen LogP contribution in [0.3, 0.4) is 0 Å². The summed E-state index contributed by atoms with van der Waals surface area (Å²) in [6.45, 7) is 5.76. The maximum absolute atomic E-state index is 11.7. The van der Waals surface area contributed by atoms with E-state index in [0.717, 1.165) is 6.54 Å². The Balaban J connectivity index is 2.66. The van der Waals surface area contributed by atoms with Crippen molar-refractivity contribution < 1.29 is 14.6 Å². The number of carbonyl (C=O) groups excluding carboxylic acids is 1. The Kier molecular flexibility index (Phi) is 4.07. The molecule has 0 aromatic rings. The van der Waals surface area contributed by atoms with Crippen LogP contribution in [0.4, 0.5) is 0 Å². The molecule has 0 aromatic heterocycles. The summed E-state index contributed by atoms with van der Waals surface area (Å²) in [6.07, 6.45) is 0. The van der Waals surface area contributed by atoms with E-state index < -0.39 is 6.04 Å². The third-order valence-electron chi connectivity index (χ3n) is 2.56. The highest BCUT2D eigenvalue weighted by Gasteiger charge is 2.37. The number of hydrogen-bond acceptors (Lipinski definition) is 4. The average molecular weight is 216 g/mol. The summed E-state index contributed by atoms with van der Waals surface area (Å²) >= 11 is 0. The van der Waals surface area contributed by atoms with Gasteiger partial charge in [0.25, 0.3) is 0 Å². The van der Waals surface area contributed by atoms with Crippen molar-refractivity contribution in [3.8, 4) is 0 Å². The third-order valence-corrected chi connectivity index (χ3v) is 2.56. The predicted molar refractivity (Wildman–Crippen MR) is 56.5 cm³/mol. The Morgan fingerprint density at radius 3 is 2.87 bits per heavy atom. The van der Waals surface area contributed by atoms with Gasteiger partial charge in [0.05, 0.1) is 13.2 Å². The number of amides is 1. The molecule has 0 spiro atoms. The average Bonchev–Trinajstić information content (AvgIpc) is 2.12. The molecule has 1 atom stereocenters. The molecular weight excluding hydrogens is 196 g/mol. The first-order valence-corrected chi connectivity index (χ1v) is 5.16. The number of hydrogen-bond donors (Lipinski definition) is 2. The number of nitrogens with one attached hydrogen (secondary N) is 1. The van der Waals surface area contributed by atoms with Crippen molar-refractivity contribution in [2.24, 2.45) is 0 Å². The van der Waals surface area contributed by atoms with E-state index >= 15 is 0 Å². The monoisotopic (exact) mass is 216 g/mol. The van der Waals surface area contributed by atoms with Crippen molar-refractivity contribution in [2.75, 3.05) is 33.4 Å². The van der Waals surface area contributed by atoms with E-state index in [9.17, 15) is 4.79 Å². The van der Waals surface area contributed by atoms with Gasteiger partial charge in [0.1, 0.15) is 6.04 Å².